The summed E-state index contributed by atoms with van der Waals surface area (Å²) < 4.78 is 38.9. The molecule has 2 aromatic rings. The second-order valence-electron chi connectivity index (χ2n) is 3.73. The van der Waals surface area contributed by atoms with Gasteiger partial charge in [-0.15, -0.1) is 10.2 Å². The highest BCUT2D eigenvalue weighted by Gasteiger charge is 2.41. The second-order valence-corrected chi connectivity index (χ2v) is 4.56. The lowest BCUT2D eigenvalue weighted by atomic mass is 10.1. The molecule has 5 nitrogen and oxygen atoms in total. The molecule has 0 radical (unpaired) electrons. The summed E-state index contributed by atoms with van der Waals surface area (Å²) in [5, 5.41) is 11.2. The van der Waals surface area contributed by atoms with Crippen LogP contribution >= 0.6 is 11.3 Å². The van der Waals surface area contributed by atoms with Gasteiger partial charge in [0.05, 0.1) is 0 Å². The van der Waals surface area contributed by atoms with Gasteiger partial charge in [-0.1, -0.05) is 41.7 Å². The number of halogens is 3. The molecule has 2 amide bonds. The van der Waals surface area contributed by atoms with Gasteiger partial charge in [0.25, 0.3) is 0 Å². The normalized spacial score (nSPS) is 12.8. The van der Waals surface area contributed by atoms with E-state index >= 15 is 0 Å². The van der Waals surface area contributed by atoms with Crippen LogP contribution in [0.2, 0.25) is 0 Å². The predicted molar refractivity (Wildman–Crippen MR) is 67.3 cm³/mol. The number of carbonyl (C=O) groups excluding carboxylic acids is 1. The number of hydrogen-bond acceptors (Lipinski definition) is 4. The van der Waals surface area contributed by atoms with Crippen molar-refractivity contribution in [2.24, 2.45) is 0 Å². The fourth-order valence-electron chi connectivity index (χ4n) is 1.49. The Morgan fingerprint density at radius 3 is 2.50 bits per heavy atom. The molecule has 0 bridgehead atoms. The van der Waals surface area contributed by atoms with Crippen molar-refractivity contribution in [3.8, 4) is 0 Å². The molecule has 0 spiro atoms. The number of alkyl halides is 3. The van der Waals surface area contributed by atoms with Crippen LogP contribution in [0, 0.1) is 0 Å². The Kier molecular flexibility index (Phi) is 4.18. The molecule has 0 aliphatic carbocycles. The van der Waals surface area contributed by atoms with E-state index in [1.165, 1.54) is 29.8 Å². The third-order valence-electron chi connectivity index (χ3n) is 2.32. The van der Waals surface area contributed by atoms with Gasteiger partial charge < -0.3 is 5.32 Å². The number of rotatable bonds is 3. The number of anilines is 1. The van der Waals surface area contributed by atoms with Gasteiger partial charge >= 0.3 is 12.2 Å². The van der Waals surface area contributed by atoms with Gasteiger partial charge in [0, 0.05) is 0 Å². The molecule has 2 rings (SSSR count). The van der Waals surface area contributed by atoms with Crippen molar-refractivity contribution in [2.45, 2.75) is 12.2 Å². The largest absolute Gasteiger partial charge is 0.412 e. The number of amides is 2. The van der Waals surface area contributed by atoms with Crippen molar-refractivity contribution in [2.75, 3.05) is 5.32 Å². The first-order valence-electron chi connectivity index (χ1n) is 5.42. The molecular formula is C11H9F3N4OS. The van der Waals surface area contributed by atoms with Crippen LogP contribution in [-0.4, -0.2) is 22.4 Å². The highest BCUT2D eigenvalue weighted by Crippen LogP contribution is 2.32. The third-order valence-corrected chi connectivity index (χ3v) is 2.92. The first kappa shape index (κ1) is 14.3. The molecule has 0 saturated heterocycles. The zero-order chi connectivity index (χ0) is 14.6. The summed E-state index contributed by atoms with van der Waals surface area (Å²) in [5.74, 6) is 0. The van der Waals surface area contributed by atoms with Crippen molar-refractivity contribution >= 4 is 22.5 Å². The summed E-state index contributed by atoms with van der Waals surface area (Å²) in [4.78, 5) is 11.6. The second kappa shape index (κ2) is 5.87. The number of nitrogens with one attached hydrogen (secondary N) is 2. The van der Waals surface area contributed by atoms with E-state index in [0.717, 1.165) is 11.3 Å². The number of benzene rings is 1. The monoisotopic (exact) mass is 302 g/mol. The SMILES string of the molecule is O=C(Nc1nncs1)N[C@H](c1ccccc1)C(F)(F)F. The Morgan fingerprint density at radius 1 is 1.25 bits per heavy atom. The first-order valence-corrected chi connectivity index (χ1v) is 6.30. The maximum absolute atomic E-state index is 13.0. The van der Waals surface area contributed by atoms with Gasteiger partial charge in [-0.05, 0) is 5.56 Å². The van der Waals surface area contributed by atoms with Crippen LogP contribution in [0.3, 0.4) is 0 Å². The van der Waals surface area contributed by atoms with E-state index in [4.69, 9.17) is 0 Å². The molecule has 2 N–H and O–H groups in total. The van der Waals surface area contributed by atoms with Crippen molar-refractivity contribution < 1.29 is 18.0 Å². The number of hydrogen-bond donors (Lipinski definition) is 2. The molecule has 1 atom stereocenters. The molecule has 0 unspecified atom stereocenters. The van der Waals surface area contributed by atoms with Crippen LogP contribution in [0.15, 0.2) is 35.8 Å². The van der Waals surface area contributed by atoms with Gasteiger partial charge in [-0.2, -0.15) is 13.2 Å². The smallest absolute Gasteiger partial charge is 0.322 e. The van der Waals surface area contributed by atoms with Crippen LogP contribution < -0.4 is 10.6 Å². The number of aromatic nitrogens is 2. The Balaban J connectivity index is 2.11. The van der Waals surface area contributed by atoms with Crippen LogP contribution in [0.1, 0.15) is 11.6 Å². The maximum Gasteiger partial charge on any atom is 0.412 e. The summed E-state index contributed by atoms with van der Waals surface area (Å²) in [6, 6.07) is 4.05. The maximum atomic E-state index is 13.0. The highest BCUT2D eigenvalue weighted by molar-refractivity contribution is 7.13. The molecule has 0 aliphatic rings. The topological polar surface area (TPSA) is 66.9 Å². The standard InChI is InChI=1S/C11H9F3N4OS/c12-11(13,14)8(7-4-2-1-3-5-7)16-9(19)17-10-18-15-6-20-10/h1-6,8H,(H2,16,17,18,19)/t8-/m1/s1. The summed E-state index contributed by atoms with van der Waals surface area (Å²) in [5.41, 5.74) is 1.31. The van der Waals surface area contributed by atoms with E-state index in [1.54, 1.807) is 6.07 Å². The van der Waals surface area contributed by atoms with Gasteiger partial charge in [0.1, 0.15) is 5.51 Å². The molecule has 1 aromatic carbocycles. The van der Waals surface area contributed by atoms with Crippen molar-refractivity contribution in [1.29, 1.82) is 0 Å². The quantitative estimate of drug-likeness (QED) is 0.916. The van der Waals surface area contributed by atoms with Crippen LogP contribution in [0.25, 0.3) is 0 Å². The zero-order valence-corrected chi connectivity index (χ0v) is 10.7. The minimum absolute atomic E-state index is 0.0487. The average Bonchev–Trinajstić information content (AvgIpc) is 2.88. The van der Waals surface area contributed by atoms with E-state index < -0.39 is 18.2 Å². The molecule has 20 heavy (non-hydrogen) atoms. The van der Waals surface area contributed by atoms with Gasteiger partial charge in [-0.3, -0.25) is 5.32 Å². The van der Waals surface area contributed by atoms with Crippen molar-refractivity contribution in [3.63, 3.8) is 0 Å². The summed E-state index contributed by atoms with van der Waals surface area (Å²) in [7, 11) is 0. The lowest BCUT2D eigenvalue weighted by Gasteiger charge is -2.21. The van der Waals surface area contributed by atoms with E-state index in [9.17, 15) is 18.0 Å². The number of urea groups is 1. The fraction of sp³-hybridized carbons (Fsp3) is 0.182. The zero-order valence-electron chi connectivity index (χ0n) is 9.89. The molecule has 0 aliphatic heterocycles. The minimum Gasteiger partial charge on any atom is -0.322 e. The molecule has 9 heteroatoms. The van der Waals surface area contributed by atoms with Crippen LogP contribution in [0.4, 0.5) is 23.1 Å². The summed E-state index contributed by atoms with van der Waals surface area (Å²) in [6.07, 6.45) is -4.60. The van der Waals surface area contributed by atoms with E-state index in [-0.39, 0.29) is 10.7 Å². The van der Waals surface area contributed by atoms with E-state index in [2.05, 4.69) is 15.5 Å². The van der Waals surface area contributed by atoms with Crippen molar-refractivity contribution in [3.05, 3.63) is 41.4 Å². The molecule has 106 valence electrons. The highest BCUT2D eigenvalue weighted by atomic mass is 32.1. The van der Waals surface area contributed by atoms with Crippen molar-refractivity contribution in [1.82, 2.24) is 15.5 Å². The van der Waals surface area contributed by atoms with E-state index in [1.807, 2.05) is 5.32 Å². The lowest BCUT2D eigenvalue weighted by Crippen LogP contribution is -2.40. The lowest BCUT2D eigenvalue weighted by molar-refractivity contribution is -0.154. The fourth-order valence-corrected chi connectivity index (χ4v) is 1.93. The number of carbonyl (C=O) groups is 1. The molecule has 1 aromatic heterocycles. The minimum atomic E-state index is -4.60. The van der Waals surface area contributed by atoms with Gasteiger partial charge in [0.2, 0.25) is 5.13 Å². The summed E-state index contributed by atoms with van der Waals surface area (Å²) in [6.45, 7) is 0. The molecule has 0 saturated carbocycles. The Bertz CT molecular complexity index is 559. The summed E-state index contributed by atoms with van der Waals surface area (Å²) >= 11 is 1.01. The Labute approximate surface area is 115 Å². The van der Waals surface area contributed by atoms with Crippen LogP contribution in [-0.2, 0) is 0 Å². The van der Waals surface area contributed by atoms with E-state index in [0.29, 0.717) is 0 Å². The van der Waals surface area contributed by atoms with Gasteiger partial charge in [-0.25, -0.2) is 4.79 Å². The molecule has 1 heterocycles. The Morgan fingerprint density at radius 2 is 1.95 bits per heavy atom. The predicted octanol–water partition coefficient (Wildman–Crippen LogP) is 2.96. The Hall–Kier alpha value is -2.16. The molecular weight excluding hydrogens is 293 g/mol. The first-order chi connectivity index (χ1) is 9.47. The molecule has 0 fully saturated rings. The average molecular weight is 302 g/mol. The van der Waals surface area contributed by atoms with Crippen LogP contribution in [0.5, 0.6) is 0 Å². The third kappa shape index (κ3) is 3.67. The van der Waals surface area contributed by atoms with Gasteiger partial charge in [0.15, 0.2) is 6.04 Å². The number of nitrogens with zero attached hydrogens (tertiary/aromatic N) is 2.